The van der Waals surface area contributed by atoms with Gasteiger partial charge in [0.25, 0.3) is 0 Å². The van der Waals surface area contributed by atoms with E-state index in [0.29, 0.717) is 18.4 Å². The molecule has 0 bridgehead atoms. The minimum atomic E-state index is -0.271. The molecule has 2 heterocycles. The van der Waals surface area contributed by atoms with Crippen molar-refractivity contribution in [3.63, 3.8) is 0 Å². The highest BCUT2D eigenvalue weighted by atomic mass is 16.2. The van der Waals surface area contributed by atoms with Crippen LogP contribution in [0.15, 0.2) is 48.4 Å². The maximum atomic E-state index is 12.6. The van der Waals surface area contributed by atoms with E-state index in [9.17, 15) is 14.4 Å². The fourth-order valence-electron chi connectivity index (χ4n) is 3.38. The summed E-state index contributed by atoms with van der Waals surface area (Å²) in [6.07, 6.45) is 6.92. The Bertz CT molecular complexity index is 932. The Morgan fingerprint density at radius 2 is 1.85 bits per heavy atom. The van der Waals surface area contributed by atoms with Crippen molar-refractivity contribution in [3.05, 3.63) is 65.3 Å². The predicted octanol–water partition coefficient (Wildman–Crippen LogP) is 2.54. The van der Waals surface area contributed by atoms with Crippen LogP contribution in [0.1, 0.15) is 45.7 Å². The summed E-state index contributed by atoms with van der Waals surface area (Å²) in [5.41, 5.74) is 2.63. The van der Waals surface area contributed by atoms with E-state index < -0.39 is 0 Å². The van der Waals surface area contributed by atoms with Gasteiger partial charge in [-0.05, 0) is 36.6 Å². The number of Topliss-reactive ketones (excluding diaryl/α,β-unsaturated/α-hetero) is 1. The zero-order chi connectivity index (χ0) is 18.1. The molecule has 6 heteroatoms. The third-order valence-corrected chi connectivity index (χ3v) is 4.75. The number of hydrogen-bond donors (Lipinski definition) is 0. The summed E-state index contributed by atoms with van der Waals surface area (Å²) in [4.78, 5) is 46.3. The second-order valence-electron chi connectivity index (χ2n) is 6.49. The smallest absolute Gasteiger partial charge is 0.226 e. The van der Waals surface area contributed by atoms with Gasteiger partial charge >= 0.3 is 0 Å². The highest BCUT2D eigenvalue weighted by Crippen LogP contribution is 2.24. The van der Waals surface area contributed by atoms with Gasteiger partial charge in [0.15, 0.2) is 5.78 Å². The summed E-state index contributed by atoms with van der Waals surface area (Å²) in [6.45, 7) is 0.743. The number of amides is 1. The number of allylic oxidation sites excluding steroid dienone is 2. The zero-order valence-electron chi connectivity index (χ0n) is 14.1. The van der Waals surface area contributed by atoms with Crippen LogP contribution in [0, 0.1) is 0 Å². The monoisotopic (exact) mass is 347 g/mol. The number of rotatable bonds is 3. The molecule has 0 atom stereocenters. The molecule has 0 saturated carbocycles. The van der Waals surface area contributed by atoms with Crippen LogP contribution in [-0.2, 0) is 11.2 Å². The molecule has 0 spiro atoms. The minimum absolute atomic E-state index is 0.149. The maximum absolute atomic E-state index is 12.6. The number of carbonyl (C=O) groups is 3. The number of fused-ring (bicyclic) bond motifs is 1. The Labute approximate surface area is 150 Å². The Hall–Kier alpha value is -3.15. The first kappa shape index (κ1) is 16.3. The Balaban J connectivity index is 1.54. The van der Waals surface area contributed by atoms with Crippen LogP contribution < -0.4 is 4.90 Å². The number of hydrogen-bond acceptors (Lipinski definition) is 5. The number of ketones is 2. The number of carbonyl (C=O) groups excluding carboxylic acids is 3. The highest BCUT2D eigenvalue weighted by Gasteiger charge is 2.27. The molecule has 1 fully saturated rings. The molecule has 2 aromatic rings. The van der Waals surface area contributed by atoms with Crippen LogP contribution in [0.3, 0.4) is 0 Å². The lowest BCUT2D eigenvalue weighted by atomic mass is 9.90. The highest BCUT2D eigenvalue weighted by molar-refractivity contribution is 6.23. The third kappa shape index (κ3) is 2.94. The van der Waals surface area contributed by atoms with E-state index >= 15 is 0 Å². The van der Waals surface area contributed by atoms with Crippen molar-refractivity contribution in [1.29, 1.82) is 0 Å². The van der Waals surface area contributed by atoms with Crippen molar-refractivity contribution in [1.82, 2.24) is 9.97 Å². The van der Waals surface area contributed by atoms with Crippen LogP contribution in [-0.4, -0.2) is 34.0 Å². The average molecular weight is 347 g/mol. The van der Waals surface area contributed by atoms with Gasteiger partial charge in [-0.1, -0.05) is 12.1 Å². The minimum Gasteiger partial charge on any atom is -0.312 e. The maximum Gasteiger partial charge on any atom is 0.226 e. The summed E-state index contributed by atoms with van der Waals surface area (Å²) >= 11 is 0. The summed E-state index contributed by atoms with van der Waals surface area (Å²) < 4.78 is 0. The van der Waals surface area contributed by atoms with E-state index in [1.54, 1.807) is 4.90 Å². The fraction of sp³-hybridized carbons (Fsp3) is 0.250. The van der Waals surface area contributed by atoms with Crippen molar-refractivity contribution in [2.24, 2.45) is 0 Å². The molecule has 1 saturated heterocycles. The summed E-state index contributed by atoms with van der Waals surface area (Å²) in [6, 6.07) is 7.58. The standard InChI is InChI=1S/C20H17N3O3/c24-17-10-14(20(26)16-11-21-12-22-19(16)17)9-13-4-6-15(7-5-13)23-8-2-1-3-18(23)25/h4-7,10-12H,1-3,8-9H2. The first-order chi connectivity index (χ1) is 12.6. The molecule has 130 valence electrons. The first-order valence-corrected chi connectivity index (χ1v) is 8.62. The summed E-state index contributed by atoms with van der Waals surface area (Å²) in [7, 11) is 0. The van der Waals surface area contributed by atoms with Gasteiger partial charge in [-0.2, -0.15) is 0 Å². The number of anilines is 1. The Morgan fingerprint density at radius 1 is 1.04 bits per heavy atom. The van der Waals surface area contributed by atoms with Gasteiger partial charge in [0.05, 0.1) is 5.56 Å². The molecule has 4 rings (SSSR count). The van der Waals surface area contributed by atoms with Crippen molar-refractivity contribution in [3.8, 4) is 0 Å². The van der Waals surface area contributed by atoms with Crippen LogP contribution in [0.25, 0.3) is 0 Å². The lowest BCUT2D eigenvalue weighted by molar-refractivity contribution is -0.119. The zero-order valence-corrected chi connectivity index (χ0v) is 14.1. The van der Waals surface area contributed by atoms with Gasteiger partial charge in [0.2, 0.25) is 11.7 Å². The van der Waals surface area contributed by atoms with E-state index in [1.807, 2.05) is 24.3 Å². The van der Waals surface area contributed by atoms with E-state index in [1.165, 1.54) is 18.6 Å². The largest absolute Gasteiger partial charge is 0.312 e. The van der Waals surface area contributed by atoms with Gasteiger partial charge in [0.1, 0.15) is 12.0 Å². The second-order valence-corrected chi connectivity index (χ2v) is 6.49. The van der Waals surface area contributed by atoms with E-state index in [4.69, 9.17) is 0 Å². The SMILES string of the molecule is O=C1C(Cc2ccc(N3CCCCC3=O)cc2)=CC(=O)c2ncncc21. The molecule has 1 aromatic carbocycles. The summed E-state index contributed by atoms with van der Waals surface area (Å²) in [5.74, 6) is -0.334. The predicted molar refractivity (Wildman–Crippen MR) is 95.1 cm³/mol. The van der Waals surface area contributed by atoms with E-state index in [0.717, 1.165) is 30.6 Å². The molecule has 1 aliphatic heterocycles. The van der Waals surface area contributed by atoms with Crippen LogP contribution in [0.5, 0.6) is 0 Å². The van der Waals surface area contributed by atoms with Crippen LogP contribution in [0.2, 0.25) is 0 Å². The Morgan fingerprint density at radius 3 is 2.62 bits per heavy atom. The second kappa shape index (κ2) is 6.63. The van der Waals surface area contributed by atoms with Crippen molar-refractivity contribution in [2.75, 3.05) is 11.4 Å². The van der Waals surface area contributed by atoms with Gasteiger partial charge in [-0.3, -0.25) is 14.4 Å². The van der Waals surface area contributed by atoms with Gasteiger partial charge < -0.3 is 4.90 Å². The molecule has 26 heavy (non-hydrogen) atoms. The summed E-state index contributed by atoms with van der Waals surface area (Å²) in [5, 5.41) is 0. The number of aromatic nitrogens is 2. The quantitative estimate of drug-likeness (QED) is 0.852. The van der Waals surface area contributed by atoms with Crippen LogP contribution in [0.4, 0.5) is 5.69 Å². The lowest BCUT2D eigenvalue weighted by Gasteiger charge is -2.27. The van der Waals surface area contributed by atoms with Crippen LogP contribution >= 0.6 is 0 Å². The van der Waals surface area contributed by atoms with Crippen molar-refractivity contribution >= 4 is 23.2 Å². The first-order valence-electron chi connectivity index (χ1n) is 8.62. The topological polar surface area (TPSA) is 80.2 Å². The van der Waals surface area contributed by atoms with E-state index in [-0.39, 0.29) is 28.7 Å². The average Bonchev–Trinajstić information content (AvgIpc) is 2.67. The molecular formula is C20H17N3O3. The molecule has 0 N–H and O–H groups in total. The van der Waals surface area contributed by atoms with Gasteiger partial charge in [-0.25, -0.2) is 9.97 Å². The fourth-order valence-corrected chi connectivity index (χ4v) is 3.38. The van der Waals surface area contributed by atoms with Gasteiger partial charge in [0, 0.05) is 36.8 Å². The van der Waals surface area contributed by atoms with Crippen molar-refractivity contribution in [2.45, 2.75) is 25.7 Å². The Kier molecular flexibility index (Phi) is 4.16. The van der Waals surface area contributed by atoms with Crippen molar-refractivity contribution < 1.29 is 14.4 Å². The van der Waals surface area contributed by atoms with Gasteiger partial charge in [-0.15, -0.1) is 0 Å². The molecular weight excluding hydrogens is 330 g/mol. The lowest BCUT2D eigenvalue weighted by Crippen LogP contribution is -2.35. The molecule has 1 aromatic heterocycles. The normalized spacial score (nSPS) is 17.2. The molecule has 6 nitrogen and oxygen atoms in total. The molecule has 1 aliphatic carbocycles. The molecule has 0 unspecified atom stereocenters. The molecule has 1 amide bonds. The number of piperidine rings is 1. The number of benzene rings is 1. The molecule has 0 radical (unpaired) electrons. The number of nitrogens with zero attached hydrogens (tertiary/aromatic N) is 3. The van der Waals surface area contributed by atoms with E-state index in [2.05, 4.69) is 9.97 Å². The molecule has 2 aliphatic rings. The third-order valence-electron chi connectivity index (χ3n) is 4.75.